The van der Waals surface area contributed by atoms with Crippen molar-refractivity contribution in [3.8, 4) is 5.75 Å². The van der Waals surface area contributed by atoms with E-state index < -0.39 is 27.9 Å². The number of aryl methyl sites for hydroxylation is 2. The van der Waals surface area contributed by atoms with E-state index in [1.807, 2.05) is 0 Å². The maximum Gasteiger partial charge on any atom is 0.321 e. The molecule has 0 bridgehead atoms. The van der Waals surface area contributed by atoms with Gasteiger partial charge < -0.3 is 15.6 Å². The molecule has 1 aromatic carbocycles. The standard InChI is InChI=1S/C15H22N2O6S/c1-9-7-12(23-6-4-5-13(16)18)8-10(2)14(9)24(21,22)17-11(3)15(19)20/h7-8,11,17H,4-6H2,1-3H3,(H2,16,18)(H,19,20). The van der Waals surface area contributed by atoms with Gasteiger partial charge in [0.25, 0.3) is 0 Å². The van der Waals surface area contributed by atoms with Gasteiger partial charge in [0.1, 0.15) is 11.8 Å². The highest BCUT2D eigenvalue weighted by Crippen LogP contribution is 2.26. The highest BCUT2D eigenvalue weighted by atomic mass is 32.2. The summed E-state index contributed by atoms with van der Waals surface area (Å²) in [5, 5.41) is 8.85. The van der Waals surface area contributed by atoms with E-state index in [0.29, 0.717) is 23.3 Å². The Kier molecular flexibility index (Phi) is 6.73. The van der Waals surface area contributed by atoms with Crippen LogP contribution in [0.25, 0.3) is 0 Å². The van der Waals surface area contributed by atoms with E-state index >= 15 is 0 Å². The maximum atomic E-state index is 12.4. The Bertz CT molecular complexity index is 706. The molecule has 134 valence electrons. The van der Waals surface area contributed by atoms with Crippen LogP contribution in [0.15, 0.2) is 17.0 Å². The third-order valence-corrected chi connectivity index (χ3v) is 5.09. The Morgan fingerprint density at radius 2 is 1.83 bits per heavy atom. The third-order valence-electron chi connectivity index (χ3n) is 3.24. The van der Waals surface area contributed by atoms with Gasteiger partial charge in [0, 0.05) is 6.42 Å². The molecule has 1 aromatic rings. The first kappa shape index (κ1) is 19.9. The maximum absolute atomic E-state index is 12.4. The number of nitrogens with one attached hydrogen (secondary N) is 1. The molecule has 1 amide bonds. The van der Waals surface area contributed by atoms with Crippen LogP contribution in [0.2, 0.25) is 0 Å². The van der Waals surface area contributed by atoms with Crippen molar-refractivity contribution in [2.75, 3.05) is 6.61 Å². The molecule has 24 heavy (non-hydrogen) atoms. The highest BCUT2D eigenvalue weighted by Gasteiger charge is 2.25. The zero-order chi connectivity index (χ0) is 18.5. The van der Waals surface area contributed by atoms with Crippen molar-refractivity contribution in [2.45, 2.75) is 44.6 Å². The van der Waals surface area contributed by atoms with Crippen LogP contribution >= 0.6 is 0 Å². The summed E-state index contributed by atoms with van der Waals surface area (Å²) in [7, 11) is -3.97. The van der Waals surface area contributed by atoms with Gasteiger partial charge in [-0.05, 0) is 50.5 Å². The molecule has 0 radical (unpaired) electrons. The molecule has 1 unspecified atom stereocenters. The number of ether oxygens (including phenoxy) is 1. The van der Waals surface area contributed by atoms with Crippen molar-refractivity contribution in [3.63, 3.8) is 0 Å². The van der Waals surface area contributed by atoms with E-state index in [0.717, 1.165) is 0 Å². The minimum atomic E-state index is -3.97. The number of carboxylic acids is 1. The summed E-state index contributed by atoms with van der Waals surface area (Å²) >= 11 is 0. The molecule has 0 saturated carbocycles. The molecule has 4 N–H and O–H groups in total. The number of hydrogen-bond donors (Lipinski definition) is 3. The number of primary amides is 1. The van der Waals surface area contributed by atoms with Crippen LogP contribution in [-0.4, -0.2) is 38.0 Å². The molecule has 1 atom stereocenters. The van der Waals surface area contributed by atoms with Crippen LogP contribution in [0.3, 0.4) is 0 Å². The Balaban J connectivity index is 2.95. The average Bonchev–Trinajstić information content (AvgIpc) is 2.41. The van der Waals surface area contributed by atoms with Crippen LogP contribution in [-0.2, 0) is 19.6 Å². The van der Waals surface area contributed by atoms with E-state index in [1.54, 1.807) is 26.0 Å². The van der Waals surface area contributed by atoms with E-state index in [4.69, 9.17) is 15.6 Å². The van der Waals surface area contributed by atoms with Crippen molar-refractivity contribution in [1.29, 1.82) is 0 Å². The van der Waals surface area contributed by atoms with Crippen LogP contribution in [0.4, 0.5) is 0 Å². The van der Waals surface area contributed by atoms with Gasteiger partial charge in [0.15, 0.2) is 0 Å². The lowest BCUT2D eigenvalue weighted by Gasteiger charge is -2.16. The average molecular weight is 358 g/mol. The van der Waals surface area contributed by atoms with E-state index in [1.165, 1.54) is 6.92 Å². The molecule has 0 aliphatic heterocycles. The summed E-state index contributed by atoms with van der Waals surface area (Å²) in [5.74, 6) is -1.20. The fourth-order valence-corrected chi connectivity index (χ4v) is 3.85. The molecule has 0 fully saturated rings. The van der Waals surface area contributed by atoms with E-state index in [-0.39, 0.29) is 17.9 Å². The fourth-order valence-electron chi connectivity index (χ4n) is 2.20. The Morgan fingerprint density at radius 1 is 1.29 bits per heavy atom. The summed E-state index contributed by atoms with van der Waals surface area (Å²) in [6.07, 6.45) is 0.673. The van der Waals surface area contributed by atoms with Crippen molar-refractivity contribution in [1.82, 2.24) is 4.72 Å². The largest absolute Gasteiger partial charge is 0.494 e. The van der Waals surface area contributed by atoms with Gasteiger partial charge >= 0.3 is 5.97 Å². The number of carboxylic acid groups (broad SMARTS) is 1. The predicted octanol–water partition coefficient (Wildman–Crippen LogP) is 0.699. The Labute approximate surface area is 141 Å². The molecule has 0 aromatic heterocycles. The first-order chi connectivity index (χ1) is 11.0. The minimum absolute atomic E-state index is 0.0279. The third kappa shape index (κ3) is 5.50. The molecule has 0 aliphatic rings. The number of benzene rings is 1. The summed E-state index contributed by atoms with van der Waals surface area (Å²) < 4.78 is 32.3. The second-order valence-electron chi connectivity index (χ2n) is 5.49. The zero-order valence-electron chi connectivity index (χ0n) is 13.8. The zero-order valence-corrected chi connectivity index (χ0v) is 14.6. The van der Waals surface area contributed by atoms with Gasteiger partial charge in [-0.1, -0.05) is 0 Å². The molecule has 1 rings (SSSR count). The van der Waals surface area contributed by atoms with Gasteiger partial charge in [-0.15, -0.1) is 0 Å². The Morgan fingerprint density at radius 3 is 2.29 bits per heavy atom. The summed E-state index contributed by atoms with van der Waals surface area (Å²) in [5.41, 5.74) is 5.91. The first-order valence-corrected chi connectivity index (χ1v) is 8.80. The smallest absolute Gasteiger partial charge is 0.321 e. The number of carbonyl (C=O) groups excluding carboxylic acids is 1. The van der Waals surface area contributed by atoms with Crippen molar-refractivity contribution < 1.29 is 27.9 Å². The quantitative estimate of drug-likeness (QED) is 0.556. The van der Waals surface area contributed by atoms with Gasteiger partial charge in [-0.3, -0.25) is 9.59 Å². The van der Waals surface area contributed by atoms with Gasteiger partial charge in [0.05, 0.1) is 11.5 Å². The van der Waals surface area contributed by atoms with Gasteiger partial charge in [0.2, 0.25) is 15.9 Å². The number of carbonyl (C=O) groups is 2. The topological polar surface area (TPSA) is 136 Å². The number of nitrogens with two attached hydrogens (primary N) is 1. The molecule has 0 saturated heterocycles. The lowest BCUT2D eigenvalue weighted by molar-refractivity contribution is -0.138. The molecule has 0 spiro atoms. The molecular weight excluding hydrogens is 336 g/mol. The number of hydrogen-bond acceptors (Lipinski definition) is 5. The second kappa shape index (κ2) is 8.11. The Hall–Kier alpha value is -2.13. The molecule has 0 heterocycles. The molecule has 8 nitrogen and oxygen atoms in total. The molecular formula is C15H22N2O6S. The molecule has 0 aliphatic carbocycles. The van der Waals surface area contributed by atoms with Crippen LogP contribution in [0.1, 0.15) is 30.9 Å². The summed E-state index contributed by atoms with van der Waals surface area (Å²) in [4.78, 5) is 21.5. The van der Waals surface area contributed by atoms with Gasteiger partial charge in [-0.2, -0.15) is 4.72 Å². The predicted molar refractivity (Wildman–Crippen MR) is 87.3 cm³/mol. The van der Waals surface area contributed by atoms with Crippen LogP contribution in [0.5, 0.6) is 5.75 Å². The molecule has 9 heteroatoms. The highest BCUT2D eigenvalue weighted by molar-refractivity contribution is 7.89. The van der Waals surface area contributed by atoms with Crippen molar-refractivity contribution in [3.05, 3.63) is 23.3 Å². The number of amides is 1. The second-order valence-corrected chi connectivity index (χ2v) is 7.14. The number of sulfonamides is 1. The normalized spacial score (nSPS) is 12.6. The van der Waals surface area contributed by atoms with Crippen molar-refractivity contribution >= 4 is 21.9 Å². The van der Waals surface area contributed by atoms with Gasteiger partial charge in [-0.25, -0.2) is 8.42 Å². The van der Waals surface area contributed by atoms with Crippen molar-refractivity contribution in [2.24, 2.45) is 5.73 Å². The summed E-state index contributed by atoms with van der Waals surface area (Å²) in [6, 6.07) is 1.87. The SMILES string of the molecule is Cc1cc(OCCCC(N)=O)cc(C)c1S(=O)(=O)NC(C)C(=O)O. The summed E-state index contributed by atoms with van der Waals surface area (Å²) in [6.45, 7) is 4.73. The van der Waals surface area contributed by atoms with E-state index in [9.17, 15) is 18.0 Å². The number of aliphatic carboxylic acids is 1. The number of rotatable bonds is 9. The minimum Gasteiger partial charge on any atom is -0.494 e. The fraction of sp³-hybridized carbons (Fsp3) is 0.467. The van der Waals surface area contributed by atoms with Crippen LogP contribution < -0.4 is 15.2 Å². The first-order valence-electron chi connectivity index (χ1n) is 7.32. The monoisotopic (exact) mass is 358 g/mol. The van der Waals surface area contributed by atoms with E-state index in [2.05, 4.69) is 4.72 Å². The lowest BCUT2D eigenvalue weighted by Crippen LogP contribution is -2.38. The lowest BCUT2D eigenvalue weighted by atomic mass is 10.1. The van der Waals surface area contributed by atoms with Crippen LogP contribution in [0, 0.1) is 13.8 Å².